The maximum atomic E-state index is 9.94. The summed E-state index contributed by atoms with van der Waals surface area (Å²) in [4.78, 5) is 0. The van der Waals surface area contributed by atoms with Gasteiger partial charge in [-0.2, -0.15) is 0 Å². The molecule has 0 bridgehead atoms. The van der Waals surface area contributed by atoms with Crippen molar-refractivity contribution in [3.8, 4) is 11.1 Å². The Kier molecular flexibility index (Phi) is 3.38. The predicted octanol–water partition coefficient (Wildman–Crippen LogP) is 3.34. The Morgan fingerprint density at radius 3 is 2.09 bits per heavy atom. The molecule has 23 heavy (non-hydrogen) atoms. The van der Waals surface area contributed by atoms with Crippen LogP contribution in [0.15, 0.2) is 78.9 Å². The summed E-state index contributed by atoms with van der Waals surface area (Å²) < 4.78 is 0. The summed E-state index contributed by atoms with van der Waals surface area (Å²) in [5.74, 6) is 0. The van der Waals surface area contributed by atoms with E-state index < -0.39 is 7.12 Å². The van der Waals surface area contributed by atoms with Crippen molar-refractivity contribution in [2.45, 2.75) is 0 Å². The van der Waals surface area contributed by atoms with Crippen molar-refractivity contribution in [2.75, 3.05) is 0 Å². The van der Waals surface area contributed by atoms with Crippen LogP contribution in [0.2, 0.25) is 0 Å². The predicted molar refractivity (Wildman–Crippen MR) is 96.7 cm³/mol. The molecule has 0 fully saturated rings. The molecule has 0 saturated carbocycles. The van der Waals surface area contributed by atoms with Crippen molar-refractivity contribution in [3.63, 3.8) is 0 Å². The molecule has 4 aromatic rings. The van der Waals surface area contributed by atoms with E-state index in [9.17, 15) is 10.0 Å². The van der Waals surface area contributed by atoms with Crippen molar-refractivity contribution in [3.05, 3.63) is 78.9 Å². The van der Waals surface area contributed by atoms with Gasteiger partial charge in [-0.3, -0.25) is 0 Å². The van der Waals surface area contributed by atoms with Gasteiger partial charge in [0.15, 0.2) is 0 Å². The third kappa shape index (κ3) is 2.31. The van der Waals surface area contributed by atoms with Crippen LogP contribution in [0, 0.1) is 0 Å². The first-order chi connectivity index (χ1) is 11.3. The summed E-state index contributed by atoms with van der Waals surface area (Å²) in [7, 11) is -1.50. The lowest BCUT2D eigenvalue weighted by molar-refractivity contribution is 0.426. The van der Waals surface area contributed by atoms with Crippen LogP contribution >= 0.6 is 0 Å². The highest BCUT2D eigenvalue weighted by Crippen LogP contribution is 2.30. The molecule has 4 aromatic carbocycles. The number of benzene rings is 4. The van der Waals surface area contributed by atoms with E-state index in [1.54, 1.807) is 0 Å². The van der Waals surface area contributed by atoms with Gasteiger partial charge in [-0.1, -0.05) is 72.8 Å². The molecule has 2 nitrogen and oxygen atoms in total. The van der Waals surface area contributed by atoms with Gasteiger partial charge in [0.25, 0.3) is 0 Å². The monoisotopic (exact) mass is 298 g/mol. The fourth-order valence-corrected chi connectivity index (χ4v) is 3.27. The molecule has 2 N–H and O–H groups in total. The van der Waals surface area contributed by atoms with E-state index in [1.807, 2.05) is 54.6 Å². The molecule has 0 aromatic heterocycles. The molecule has 0 aliphatic carbocycles. The number of fused-ring (bicyclic) bond motifs is 2. The van der Waals surface area contributed by atoms with Gasteiger partial charge in [-0.05, 0) is 44.2 Å². The van der Waals surface area contributed by atoms with Gasteiger partial charge in [-0.25, -0.2) is 0 Å². The smallest absolute Gasteiger partial charge is 0.423 e. The van der Waals surface area contributed by atoms with Crippen LogP contribution in [0.4, 0.5) is 0 Å². The van der Waals surface area contributed by atoms with Crippen LogP contribution in [0.5, 0.6) is 0 Å². The minimum atomic E-state index is -1.50. The fraction of sp³-hybridized carbons (Fsp3) is 0. The normalized spacial score (nSPS) is 11.0. The number of hydrogen-bond acceptors (Lipinski definition) is 2. The lowest BCUT2D eigenvalue weighted by atomic mass is 9.73. The highest BCUT2D eigenvalue weighted by molar-refractivity contribution is 6.65. The van der Waals surface area contributed by atoms with E-state index in [0.717, 1.165) is 32.7 Å². The third-order valence-electron chi connectivity index (χ3n) is 4.29. The zero-order valence-electron chi connectivity index (χ0n) is 12.5. The van der Waals surface area contributed by atoms with Crippen LogP contribution < -0.4 is 5.46 Å². The summed E-state index contributed by atoms with van der Waals surface area (Å²) >= 11 is 0. The molecular weight excluding hydrogens is 283 g/mol. The first-order valence-corrected chi connectivity index (χ1v) is 7.61. The van der Waals surface area contributed by atoms with Crippen molar-refractivity contribution >= 4 is 34.1 Å². The molecule has 0 amide bonds. The second kappa shape index (κ2) is 5.54. The second-order valence-electron chi connectivity index (χ2n) is 5.65. The van der Waals surface area contributed by atoms with Gasteiger partial charge in [0.1, 0.15) is 0 Å². The maximum Gasteiger partial charge on any atom is 0.489 e. The van der Waals surface area contributed by atoms with Crippen LogP contribution in [-0.2, 0) is 0 Å². The Morgan fingerprint density at radius 1 is 0.609 bits per heavy atom. The van der Waals surface area contributed by atoms with Crippen LogP contribution in [-0.4, -0.2) is 17.2 Å². The number of hydrogen-bond donors (Lipinski definition) is 2. The molecule has 0 radical (unpaired) electrons. The lowest BCUT2D eigenvalue weighted by Gasteiger charge is -2.14. The summed E-state index contributed by atoms with van der Waals surface area (Å²) in [6, 6.07) is 26.1. The fourth-order valence-electron chi connectivity index (χ4n) is 3.27. The standard InChI is InChI=1S/C20H15BO2/c22-21(23)20-17-10-5-4-9-15(17)13-19-16(11-6-12-18(19)20)14-7-2-1-3-8-14/h1-13,22-23H. The summed E-state index contributed by atoms with van der Waals surface area (Å²) in [5, 5.41) is 23.7. The SMILES string of the molecule is OB(O)c1c2ccccc2cc2c(-c3ccccc3)cccc12. The summed E-state index contributed by atoms with van der Waals surface area (Å²) in [5.41, 5.74) is 2.78. The van der Waals surface area contributed by atoms with E-state index >= 15 is 0 Å². The highest BCUT2D eigenvalue weighted by atomic mass is 16.4. The number of rotatable bonds is 2. The Hall–Kier alpha value is -2.62. The molecule has 0 saturated heterocycles. The van der Waals surface area contributed by atoms with Crippen LogP contribution in [0.25, 0.3) is 32.7 Å². The zero-order chi connectivity index (χ0) is 15.8. The maximum absolute atomic E-state index is 9.94. The molecule has 0 unspecified atom stereocenters. The zero-order valence-corrected chi connectivity index (χ0v) is 12.5. The molecule has 110 valence electrons. The van der Waals surface area contributed by atoms with Gasteiger partial charge in [0.05, 0.1) is 0 Å². The lowest BCUT2D eigenvalue weighted by Crippen LogP contribution is -2.31. The molecule has 0 spiro atoms. The molecule has 0 aliphatic rings. The van der Waals surface area contributed by atoms with Crippen molar-refractivity contribution in [1.82, 2.24) is 0 Å². The van der Waals surface area contributed by atoms with E-state index in [-0.39, 0.29) is 0 Å². The third-order valence-corrected chi connectivity index (χ3v) is 4.29. The van der Waals surface area contributed by atoms with Crippen molar-refractivity contribution in [1.29, 1.82) is 0 Å². The van der Waals surface area contributed by atoms with Gasteiger partial charge in [0.2, 0.25) is 0 Å². The average molecular weight is 298 g/mol. The molecule has 0 heterocycles. The Morgan fingerprint density at radius 2 is 1.30 bits per heavy atom. The van der Waals surface area contributed by atoms with Gasteiger partial charge in [-0.15, -0.1) is 0 Å². The molecule has 0 atom stereocenters. The van der Waals surface area contributed by atoms with Gasteiger partial charge in [0, 0.05) is 0 Å². The first kappa shape index (κ1) is 14.0. The topological polar surface area (TPSA) is 40.5 Å². The van der Waals surface area contributed by atoms with Gasteiger partial charge < -0.3 is 10.0 Å². The molecule has 0 aliphatic heterocycles. The summed E-state index contributed by atoms with van der Waals surface area (Å²) in [6.07, 6.45) is 0. The minimum Gasteiger partial charge on any atom is -0.423 e. The molecule has 4 rings (SSSR count). The molecular formula is C20H15BO2. The van der Waals surface area contributed by atoms with Crippen LogP contribution in [0.3, 0.4) is 0 Å². The Labute approximate surface area is 134 Å². The van der Waals surface area contributed by atoms with Gasteiger partial charge >= 0.3 is 7.12 Å². The first-order valence-electron chi connectivity index (χ1n) is 7.61. The average Bonchev–Trinajstić information content (AvgIpc) is 2.59. The van der Waals surface area contributed by atoms with E-state index in [1.165, 1.54) is 0 Å². The molecule has 3 heteroatoms. The second-order valence-corrected chi connectivity index (χ2v) is 5.65. The van der Waals surface area contributed by atoms with Crippen molar-refractivity contribution in [2.24, 2.45) is 0 Å². The highest BCUT2D eigenvalue weighted by Gasteiger charge is 2.19. The Bertz CT molecular complexity index is 994. The van der Waals surface area contributed by atoms with Crippen molar-refractivity contribution < 1.29 is 10.0 Å². The van der Waals surface area contributed by atoms with Crippen LogP contribution in [0.1, 0.15) is 0 Å². The minimum absolute atomic E-state index is 0.566. The quantitative estimate of drug-likeness (QED) is 0.440. The summed E-state index contributed by atoms with van der Waals surface area (Å²) in [6.45, 7) is 0. The van der Waals surface area contributed by atoms with E-state index in [2.05, 4.69) is 24.3 Å². The Balaban J connectivity index is 2.16. The van der Waals surface area contributed by atoms with E-state index in [4.69, 9.17) is 0 Å². The van der Waals surface area contributed by atoms with E-state index in [0.29, 0.717) is 5.46 Å². The largest absolute Gasteiger partial charge is 0.489 e.